The number of aromatic hydroxyl groups is 1. The van der Waals surface area contributed by atoms with Crippen LogP contribution in [0, 0.1) is 30.6 Å². The predicted molar refractivity (Wildman–Crippen MR) is 219 cm³/mol. The second-order valence-corrected chi connectivity index (χ2v) is 15.6. The van der Waals surface area contributed by atoms with Crippen molar-refractivity contribution in [1.82, 2.24) is 5.01 Å². The molecule has 2 N–H and O–H groups in total. The summed E-state index contributed by atoms with van der Waals surface area (Å²) in [6.07, 6.45) is 2.29. The Kier molecular flexibility index (Phi) is 9.18. The van der Waals surface area contributed by atoms with Gasteiger partial charge in [-0.1, -0.05) is 90.0 Å². The van der Waals surface area contributed by atoms with E-state index in [1.807, 2.05) is 61.5 Å². The number of hydrazine groups is 1. The Morgan fingerprint density at radius 1 is 0.746 bits per heavy atom. The van der Waals surface area contributed by atoms with Gasteiger partial charge >= 0.3 is 0 Å². The number of imide groups is 2. The average Bonchev–Trinajstić information content (AvgIpc) is 3.65. The molecular formula is C48H41N3O8. The molecule has 1 saturated carbocycles. The van der Waals surface area contributed by atoms with Crippen LogP contribution in [0.1, 0.15) is 51.4 Å². The fourth-order valence-electron chi connectivity index (χ4n) is 9.98. The molecule has 2 saturated heterocycles. The molecule has 2 heterocycles. The minimum atomic E-state index is -1.52. The van der Waals surface area contributed by atoms with Crippen LogP contribution in [-0.4, -0.2) is 53.7 Å². The SMILES string of the molecule is COc1cc([C@H]2C3=CC[C@@H]4C(=O)N(c5ccc(C(=O)c6ccccc6)cc5)C(=O)[C@@H]4[C@@H]3C[C@H]3C(=O)N(Nc4ccc(C)cc4)C(=O)[C@@]23c2ccccc2)cc(OC)c1O. The highest BCUT2D eigenvalue weighted by Gasteiger charge is 2.70. The zero-order chi connectivity index (χ0) is 41.2. The van der Waals surface area contributed by atoms with E-state index in [2.05, 4.69) is 5.43 Å². The Morgan fingerprint density at radius 3 is 1.98 bits per heavy atom. The third kappa shape index (κ3) is 5.74. The summed E-state index contributed by atoms with van der Waals surface area (Å²) in [5, 5.41) is 12.2. The molecule has 0 radical (unpaired) electrons. The minimum absolute atomic E-state index is 0.106. The zero-order valence-electron chi connectivity index (χ0n) is 32.6. The van der Waals surface area contributed by atoms with Crippen LogP contribution in [0.2, 0.25) is 0 Å². The Balaban J connectivity index is 1.18. The predicted octanol–water partition coefficient (Wildman–Crippen LogP) is 7.14. The molecule has 296 valence electrons. The first-order chi connectivity index (χ1) is 28.6. The largest absolute Gasteiger partial charge is 0.502 e. The molecule has 6 atom stereocenters. The third-order valence-corrected chi connectivity index (χ3v) is 12.7. The van der Waals surface area contributed by atoms with Gasteiger partial charge in [0.25, 0.3) is 11.8 Å². The van der Waals surface area contributed by atoms with Crippen LogP contribution in [-0.2, 0) is 24.6 Å². The lowest BCUT2D eigenvalue weighted by atomic mass is 9.49. The fraction of sp³-hybridized carbons (Fsp3) is 0.229. The molecule has 2 aliphatic heterocycles. The number of ether oxygens (including phenoxy) is 2. The Hall–Kier alpha value is -7.01. The number of carbonyl (C=O) groups excluding carboxylic acids is 5. The van der Waals surface area contributed by atoms with Crippen LogP contribution in [0.5, 0.6) is 17.2 Å². The van der Waals surface area contributed by atoms with E-state index in [0.29, 0.717) is 33.6 Å². The molecule has 11 nitrogen and oxygen atoms in total. The molecule has 5 aromatic carbocycles. The summed E-state index contributed by atoms with van der Waals surface area (Å²) in [5.74, 6) is -5.93. The summed E-state index contributed by atoms with van der Waals surface area (Å²) < 4.78 is 11.2. The van der Waals surface area contributed by atoms with Gasteiger partial charge in [0.2, 0.25) is 17.6 Å². The Morgan fingerprint density at radius 2 is 1.36 bits per heavy atom. The number of carbonyl (C=O) groups is 5. The molecule has 9 rings (SSSR count). The molecule has 0 unspecified atom stereocenters. The maximum absolute atomic E-state index is 15.5. The number of phenolic OH excluding ortho intramolecular Hbond substituents is 1. The molecule has 0 bridgehead atoms. The lowest BCUT2D eigenvalue weighted by Gasteiger charge is -2.50. The van der Waals surface area contributed by atoms with Crippen LogP contribution >= 0.6 is 0 Å². The minimum Gasteiger partial charge on any atom is -0.502 e. The van der Waals surface area contributed by atoms with Gasteiger partial charge in [-0.25, -0.2) is 0 Å². The monoisotopic (exact) mass is 787 g/mol. The summed E-state index contributed by atoms with van der Waals surface area (Å²) in [5.41, 5.74) is 6.31. The lowest BCUT2D eigenvalue weighted by molar-refractivity contribution is -0.138. The van der Waals surface area contributed by atoms with E-state index < -0.39 is 52.7 Å². The molecule has 0 aromatic heterocycles. The number of rotatable bonds is 9. The molecule has 4 amide bonds. The van der Waals surface area contributed by atoms with Crippen molar-refractivity contribution in [3.63, 3.8) is 0 Å². The number of hydrogen-bond donors (Lipinski definition) is 2. The summed E-state index contributed by atoms with van der Waals surface area (Å²) in [4.78, 5) is 74.0. The number of nitrogens with zero attached hydrogens (tertiary/aromatic N) is 2. The van der Waals surface area contributed by atoms with Gasteiger partial charge in [-0.2, -0.15) is 5.01 Å². The molecular weight excluding hydrogens is 747 g/mol. The first-order valence-corrected chi connectivity index (χ1v) is 19.6. The number of ketones is 1. The van der Waals surface area contributed by atoms with E-state index in [4.69, 9.17) is 9.47 Å². The molecule has 0 spiro atoms. The summed E-state index contributed by atoms with van der Waals surface area (Å²) in [7, 11) is 2.84. The number of nitrogens with one attached hydrogen (secondary N) is 1. The summed E-state index contributed by atoms with van der Waals surface area (Å²) in [6.45, 7) is 1.95. The molecule has 3 fully saturated rings. The quantitative estimate of drug-likeness (QED) is 0.0906. The van der Waals surface area contributed by atoms with E-state index in [1.54, 1.807) is 72.8 Å². The highest BCUT2D eigenvalue weighted by molar-refractivity contribution is 6.23. The van der Waals surface area contributed by atoms with Crippen LogP contribution in [0.15, 0.2) is 133 Å². The van der Waals surface area contributed by atoms with Crippen molar-refractivity contribution in [2.24, 2.45) is 23.7 Å². The number of anilines is 2. The third-order valence-electron chi connectivity index (χ3n) is 12.7. The number of allylic oxidation sites excluding steroid dienone is 2. The Bertz CT molecular complexity index is 2530. The first kappa shape index (κ1) is 37.6. The number of aryl methyl sites for hydroxylation is 1. The van der Waals surface area contributed by atoms with Crippen molar-refractivity contribution in [2.45, 2.75) is 31.1 Å². The molecule has 2 aliphatic carbocycles. The highest BCUT2D eigenvalue weighted by atomic mass is 16.5. The van der Waals surface area contributed by atoms with Crippen molar-refractivity contribution in [1.29, 1.82) is 0 Å². The van der Waals surface area contributed by atoms with Crippen LogP contribution < -0.4 is 19.8 Å². The van der Waals surface area contributed by atoms with Gasteiger partial charge in [-0.3, -0.25) is 34.3 Å². The van der Waals surface area contributed by atoms with Crippen molar-refractivity contribution in [3.05, 3.63) is 161 Å². The van der Waals surface area contributed by atoms with Gasteiger partial charge in [-0.15, -0.1) is 0 Å². The number of fused-ring (bicyclic) bond motifs is 4. The average molecular weight is 788 g/mol. The number of amides is 4. The molecule has 11 heteroatoms. The number of methoxy groups -OCH3 is 2. The van der Waals surface area contributed by atoms with E-state index in [-0.39, 0.29) is 41.8 Å². The molecule has 5 aromatic rings. The molecule has 4 aliphatic rings. The Labute approximate surface area is 340 Å². The summed E-state index contributed by atoms with van der Waals surface area (Å²) >= 11 is 0. The van der Waals surface area contributed by atoms with Crippen LogP contribution in [0.4, 0.5) is 11.4 Å². The van der Waals surface area contributed by atoms with Crippen LogP contribution in [0.25, 0.3) is 0 Å². The number of benzene rings is 5. The zero-order valence-corrected chi connectivity index (χ0v) is 32.6. The van der Waals surface area contributed by atoms with Gasteiger partial charge < -0.3 is 14.6 Å². The second kappa shape index (κ2) is 14.4. The van der Waals surface area contributed by atoms with Gasteiger partial charge in [0, 0.05) is 17.0 Å². The standard InChI is InChI=1S/C48H41N3O8/c1-27-14-18-32(19-15-27)49-51-45(55)37-26-36-34(41(30-24-38(58-2)43(53)39(25-30)59-3)48(37,47(51)57)31-12-8-5-9-13-31)22-23-35-40(36)46(56)50(44(35)54)33-20-16-29(17-21-33)42(52)28-10-6-4-7-11-28/h4-22,24-25,35-37,40-41,49,53H,23,26H2,1-3H3/t35-,36+,37-,40-,41-,48+/m0/s1. The maximum Gasteiger partial charge on any atom is 0.260 e. The first-order valence-electron chi connectivity index (χ1n) is 19.6. The van der Waals surface area contributed by atoms with Crippen molar-refractivity contribution in [2.75, 3.05) is 24.5 Å². The smallest absolute Gasteiger partial charge is 0.260 e. The van der Waals surface area contributed by atoms with E-state index in [9.17, 15) is 19.5 Å². The highest BCUT2D eigenvalue weighted by Crippen LogP contribution is 2.65. The maximum atomic E-state index is 15.5. The van der Waals surface area contributed by atoms with Crippen molar-refractivity contribution < 1.29 is 38.6 Å². The normalized spacial score (nSPS) is 24.6. The summed E-state index contributed by atoms with van der Waals surface area (Å²) in [6, 6.07) is 35.2. The van der Waals surface area contributed by atoms with E-state index in [1.165, 1.54) is 19.1 Å². The van der Waals surface area contributed by atoms with Crippen molar-refractivity contribution in [3.8, 4) is 17.2 Å². The number of phenols is 1. The van der Waals surface area contributed by atoms with Crippen molar-refractivity contribution >= 4 is 40.8 Å². The van der Waals surface area contributed by atoms with Gasteiger partial charge in [0.15, 0.2) is 17.3 Å². The van der Waals surface area contributed by atoms with Gasteiger partial charge in [0.1, 0.15) is 0 Å². The van der Waals surface area contributed by atoms with E-state index >= 15 is 9.59 Å². The van der Waals surface area contributed by atoms with Gasteiger partial charge in [-0.05, 0) is 85.3 Å². The van der Waals surface area contributed by atoms with Crippen LogP contribution in [0.3, 0.4) is 0 Å². The number of hydrogen-bond acceptors (Lipinski definition) is 9. The fourth-order valence-corrected chi connectivity index (χ4v) is 9.98. The lowest BCUT2D eigenvalue weighted by Crippen LogP contribution is -2.53. The topological polar surface area (TPSA) is 143 Å². The van der Waals surface area contributed by atoms with E-state index in [0.717, 1.165) is 16.1 Å². The van der Waals surface area contributed by atoms with Gasteiger partial charge in [0.05, 0.1) is 48.8 Å². The molecule has 59 heavy (non-hydrogen) atoms. The second-order valence-electron chi connectivity index (χ2n) is 15.6.